The van der Waals surface area contributed by atoms with Crippen LogP contribution >= 0.6 is 27.5 Å². The Morgan fingerprint density at radius 3 is 2.43 bits per heavy atom. The average molecular weight is 369 g/mol. The molecule has 0 amide bonds. The summed E-state index contributed by atoms with van der Waals surface area (Å²) < 4.78 is 1.02. The Morgan fingerprint density at radius 2 is 1.81 bits per heavy atom. The fourth-order valence-corrected chi connectivity index (χ4v) is 2.35. The molecule has 0 atom stereocenters. The second kappa shape index (κ2) is 5.93. The zero-order chi connectivity index (χ0) is 15.8. The average Bonchev–Trinajstić information content (AvgIpc) is 2.38. The van der Waals surface area contributed by atoms with E-state index in [1.807, 2.05) is 19.1 Å². The molecular weight excluding hydrogens is 350 g/mol. The minimum Gasteiger partial charge on any atom is -0.339 e. The number of aryl methyl sites for hydroxylation is 1. The number of halogens is 2. The van der Waals surface area contributed by atoms with Crippen molar-refractivity contribution < 1.29 is 0 Å². The van der Waals surface area contributed by atoms with Crippen molar-refractivity contribution in [2.45, 2.75) is 40.0 Å². The van der Waals surface area contributed by atoms with E-state index in [1.54, 1.807) is 0 Å². The molecule has 0 radical (unpaired) electrons. The summed E-state index contributed by atoms with van der Waals surface area (Å²) in [7, 11) is 0. The lowest BCUT2D eigenvalue weighted by molar-refractivity contribution is 0.545. The highest BCUT2D eigenvalue weighted by Gasteiger charge is 2.21. The molecule has 0 spiro atoms. The van der Waals surface area contributed by atoms with Crippen molar-refractivity contribution in [3.8, 4) is 0 Å². The van der Waals surface area contributed by atoms with Gasteiger partial charge in [-0.05, 0) is 41.4 Å². The highest BCUT2D eigenvalue weighted by molar-refractivity contribution is 9.10. The van der Waals surface area contributed by atoms with Crippen molar-refractivity contribution in [2.75, 3.05) is 5.32 Å². The van der Waals surface area contributed by atoms with E-state index >= 15 is 0 Å². The zero-order valence-corrected chi connectivity index (χ0v) is 15.2. The van der Waals surface area contributed by atoms with Crippen LogP contribution in [0.25, 0.3) is 0 Å². The number of hydrogen-bond acceptors (Lipinski definition) is 3. The van der Waals surface area contributed by atoms with Gasteiger partial charge in [-0.15, -0.1) is 0 Å². The molecule has 21 heavy (non-hydrogen) atoms. The first kappa shape index (κ1) is 16.2. The van der Waals surface area contributed by atoms with E-state index in [0.29, 0.717) is 5.15 Å². The van der Waals surface area contributed by atoms with Crippen LogP contribution in [0.1, 0.15) is 37.7 Å². The minimum atomic E-state index is -0.155. The Kier molecular flexibility index (Phi) is 4.59. The van der Waals surface area contributed by atoms with Crippen LogP contribution in [-0.2, 0) is 5.41 Å². The van der Waals surface area contributed by atoms with Crippen LogP contribution in [-0.4, -0.2) is 9.97 Å². The molecule has 1 N–H and O–H groups in total. The van der Waals surface area contributed by atoms with E-state index < -0.39 is 0 Å². The van der Waals surface area contributed by atoms with E-state index in [4.69, 9.17) is 11.6 Å². The van der Waals surface area contributed by atoms with Gasteiger partial charge in [-0.3, -0.25) is 0 Å². The number of nitrogens with zero attached hydrogens (tertiary/aromatic N) is 2. The lowest BCUT2D eigenvalue weighted by Gasteiger charge is -2.20. The SMILES string of the molecule is Cc1cccc(Nc2nc(C(C)(C)C)nc(Cl)c2C)c1Br. The molecule has 0 fully saturated rings. The van der Waals surface area contributed by atoms with Gasteiger partial charge in [0.2, 0.25) is 0 Å². The Labute approximate surface area is 139 Å². The first-order valence-electron chi connectivity index (χ1n) is 6.77. The molecular formula is C16H19BrClN3. The summed E-state index contributed by atoms with van der Waals surface area (Å²) in [6.07, 6.45) is 0. The molecule has 0 unspecified atom stereocenters. The number of hydrogen-bond donors (Lipinski definition) is 1. The number of aromatic nitrogens is 2. The van der Waals surface area contributed by atoms with Crippen LogP contribution in [0.3, 0.4) is 0 Å². The second-order valence-electron chi connectivity index (χ2n) is 6.12. The van der Waals surface area contributed by atoms with Crippen molar-refractivity contribution in [3.63, 3.8) is 0 Å². The van der Waals surface area contributed by atoms with Crippen LogP contribution in [0.5, 0.6) is 0 Å². The van der Waals surface area contributed by atoms with Gasteiger partial charge >= 0.3 is 0 Å². The van der Waals surface area contributed by atoms with Crippen molar-refractivity contribution >= 4 is 39.0 Å². The molecule has 5 heteroatoms. The van der Waals surface area contributed by atoms with Gasteiger partial charge in [-0.25, -0.2) is 9.97 Å². The van der Waals surface area contributed by atoms with Crippen molar-refractivity contribution in [3.05, 3.63) is 44.8 Å². The van der Waals surface area contributed by atoms with Crippen LogP contribution in [0.15, 0.2) is 22.7 Å². The molecule has 2 rings (SSSR count). The molecule has 112 valence electrons. The minimum absolute atomic E-state index is 0.155. The third-order valence-corrected chi connectivity index (χ3v) is 4.62. The molecule has 0 saturated carbocycles. The molecule has 1 heterocycles. The summed E-state index contributed by atoms with van der Waals surface area (Å²) in [6.45, 7) is 10.2. The maximum Gasteiger partial charge on any atom is 0.138 e. The predicted octanol–water partition coefficient (Wildman–Crippen LogP) is 5.55. The third-order valence-electron chi connectivity index (χ3n) is 3.20. The Hall–Kier alpha value is -1.13. The lowest BCUT2D eigenvalue weighted by atomic mass is 9.95. The lowest BCUT2D eigenvalue weighted by Crippen LogP contribution is -2.17. The van der Waals surface area contributed by atoms with Gasteiger partial charge in [-0.1, -0.05) is 44.5 Å². The summed E-state index contributed by atoms with van der Waals surface area (Å²) in [5, 5.41) is 3.84. The molecule has 0 aliphatic carbocycles. The van der Waals surface area contributed by atoms with Crippen molar-refractivity contribution in [1.29, 1.82) is 0 Å². The highest BCUT2D eigenvalue weighted by atomic mass is 79.9. The van der Waals surface area contributed by atoms with E-state index in [0.717, 1.165) is 32.9 Å². The normalized spacial score (nSPS) is 11.6. The summed E-state index contributed by atoms with van der Waals surface area (Å²) in [5.74, 6) is 1.47. The molecule has 3 nitrogen and oxygen atoms in total. The molecule has 0 bridgehead atoms. The first-order valence-corrected chi connectivity index (χ1v) is 7.94. The quantitative estimate of drug-likeness (QED) is 0.706. The summed E-state index contributed by atoms with van der Waals surface area (Å²) in [4.78, 5) is 9.03. The first-order chi connectivity index (χ1) is 9.70. The third kappa shape index (κ3) is 3.55. The Balaban J connectivity index is 2.49. The summed E-state index contributed by atoms with van der Waals surface area (Å²) in [5.41, 5.74) is 2.82. The van der Waals surface area contributed by atoms with Crippen LogP contribution < -0.4 is 5.32 Å². The monoisotopic (exact) mass is 367 g/mol. The van der Waals surface area contributed by atoms with Crippen LogP contribution in [0.2, 0.25) is 5.15 Å². The standard InChI is InChI=1S/C16H19BrClN3/c1-9-7-6-8-11(12(9)17)19-14-10(2)13(18)20-15(21-14)16(3,4)5/h6-8H,1-5H3,(H,19,20,21). The largest absolute Gasteiger partial charge is 0.339 e. The van der Waals surface area contributed by atoms with Gasteiger partial charge in [0.05, 0.1) is 5.69 Å². The number of benzene rings is 1. The molecule has 0 aliphatic heterocycles. The Bertz CT molecular complexity index is 678. The van der Waals surface area contributed by atoms with E-state index in [9.17, 15) is 0 Å². The van der Waals surface area contributed by atoms with Gasteiger partial charge in [0, 0.05) is 15.5 Å². The molecule has 2 aromatic rings. The maximum atomic E-state index is 6.26. The topological polar surface area (TPSA) is 37.8 Å². The zero-order valence-electron chi connectivity index (χ0n) is 12.9. The fraction of sp³-hybridized carbons (Fsp3) is 0.375. The number of nitrogens with one attached hydrogen (secondary N) is 1. The van der Waals surface area contributed by atoms with Gasteiger partial charge in [0.15, 0.2) is 0 Å². The summed E-state index contributed by atoms with van der Waals surface area (Å²) in [6, 6.07) is 6.06. The van der Waals surface area contributed by atoms with Gasteiger partial charge in [0.25, 0.3) is 0 Å². The van der Waals surface area contributed by atoms with E-state index in [2.05, 4.69) is 65.0 Å². The predicted molar refractivity (Wildman–Crippen MR) is 92.6 cm³/mol. The fourth-order valence-electron chi connectivity index (χ4n) is 1.82. The molecule has 1 aromatic carbocycles. The summed E-state index contributed by atoms with van der Waals surface area (Å²) >= 11 is 9.86. The number of rotatable bonds is 2. The van der Waals surface area contributed by atoms with Crippen LogP contribution in [0.4, 0.5) is 11.5 Å². The smallest absolute Gasteiger partial charge is 0.138 e. The Morgan fingerprint density at radius 1 is 1.14 bits per heavy atom. The van der Waals surface area contributed by atoms with Gasteiger partial charge in [-0.2, -0.15) is 0 Å². The highest BCUT2D eigenvalue weighted by Crippen LogP contribution is 2.32. The maximum absolute atomic E-state index is 6.26. The second-order valence-corrected chi connectivity index (χ2v) is 7.27. The van der Waals surface area contributed by atoms with Crippen molar-refractivity contribution in [2.24, 2.45) is 0 Å². The molecule has 0 aliphatic rings. The molecule has 0 saturated heterocycles. The number of anilines is 2. The van der Waals surface area contributed by atoms with E-state index in [-0.39, 0.29) is 5.41 Å². The van der Waals surface area contributed by atoms with E-state index in [1.165, 1.54) is 0 Å². The van der Waals surface area contributed by atoms with Gasteiger partial charge < -0.3 is 5.32 Å². The van der Waals surface area contributed by atoms with Crippen molar-refractivity contribution in [1.82, 2.24) is 9.97 Å². The van der Waals surface area contributed by atoms with Gasteiger partial charge in [0.1, 0.15) is 16.8 Å². The molecule has 1 aromatic heterocycles. The van der Waals surface area contributed by atoms with Crippen LogP contribution in [0, 0.1) is 13.8 Å².